The number of aromatic nitrogens is 5. The normalized spacial score (nSPS) is 10.5. The molecule has 2 heterocycles. The van der Waals surface area contributed by atoms with Crippen molar-refractivity contribution in [1.82, 2.24) is 25.0 Å². The van der Waals surface area contributed by atoms with Crippen LogP contribution in [0.1, 0.15) is 11.5 Å². The van der Waals surface area contributed by atoms with E-state index in [-0.39, 0.29) is 0 Å². The summed E-state index contributed by atoms with van der Waals surface area (Å²) in [5.41, 5.74) is 7.00. The minimum Gasteiger partial charge on any atom is -0.420 e. The van der Waals surface area contributed by atoms with Crippen LogP contribution in [0, 0.1) is 11.3 Å². The van der Waals surface area contributed by atoms with E-state index >= 15 is 0 Å². The summed E-state index contributed by atoms with van der Waals surface area (Å²) in [5.74, 6) is 1.58. The van der Waals surface area contributed by atoms with Crippen LogP contribution in [0.2, 0.25) is 0 Å². The molecule has 0 fully saturated rings. The van der Waals surface area contributed by atoms with E-state index in [0.29, 0.717) is 46.3 Å². The molecule has 0 amide bonds. The van der Waals surface area contributed by atoms with Crippen LogP contribution in [0.5, 0.6) is 0 Å². The Bertz CT molecular complexity index is 909. The van der Waals surface area contributed by atoms with E-state index in [1.54, 1.807) is 28.8 Å². The maximum atomic E-state index is 8.94. The molecule has 3 aromatic rings. The highest BCUT2D eigenvalue weighted by Gasteiger charge is 2.13. The summed E-state index contributed by atoms with van der Waals surface area (Å²) in [6.45, 7) is 4.21. The molecule has 3 rings (SSSR count). The summed E-state index contributed by atoms with van der Waals surface area (Å²) in [4.78, 5) is 0. The van der Waals surface area contributed by atoms with Crippen molar-refractivity contribution < 1.29 is 4.42 Å². The summed E-state index contributed by atoms with van der Waals surface area (Å²) in [6, 6.07) is 9.08. The van der Waals surface area contributed by atoms with E-state index < -0.39 is 0 Å². The summed E-state index contributed by atoms with van der Waals surface area (Å²) < 4.78 is 7.38. The molecule has 0 saturated carbocycles. The molecule has 24 heavy (non-hydrogen) atoms. The van der Waals surface area contributed by atoms with E-state index in [1.807, 2.05) is 6.07 Å². The van der Waals surface area contributed by atoms with Crippen LogP contribution < -0.4 is 5.73 Å². The van der Waals surface area contributed by atoms with Gasteiger partial charge in [0.2, 0.25) is 17.7 Å². The standard InChI is InChI=1S/C15H13N7OS/c1-2-6-22-14(17)20-21-15(22)24-9-12-18-19-13(23-12)11-5-3-4-10(7-11)8-16/h2-5,7H,1,6,9H2,(H2,17,20). The van der Waals surface area contributed by atoms with Gasteiger partial charge in [-0.1, -0.05) is 23.9 Å². The Morgan fingerprint density at radius 2 is 2.21 bits per heavy atom. The SMILES string of the molecule is C=CCn1c(N)nnc1SCc1nnc(-c2cccc(C#N)c2)o1. The zero-order valence-electron chi connectivity index (χ0n) is 12.6. The molecule has 0 atom stereocenters. The van der Waals surface area contributed by atoms with Gasteiger partial charge in [0.05, 0.1) is 17.4 Å². The number of anilines is 1. The monoisotopic (exact) mass is 339 g/mol. The quantitative estimate of drug-likeness (QED) is 0.536. The van der Waals surface area contributed by atoms with Crippen molar-refractivity contribution in [3.8, 4) is 17.5 Å². The fourth-order valence-electron chi connectivity index (χ4n) is 1.98. The van der Waals surface area contributed by atoms with E-state index in [9.17, 15) is 0 Å². The number of hydrogen-bond donors (Lipinski definition) is 1. The fraction of sp³-hybridized carbons (Fsp3) is 0.133. The third-order valence-electron chi connectivity index (χ3n) is 3.09. The lowest BCUT2D eigenvalue weighted by Gasteiger charge is -2.02. The predicted molar refractivity (Wildman–Crippen MR) is 88.6 cm³/mol. The van der Waals surface area contributed by atoms with Gasteiger partial charge < -0.3 is 10.2 Å². The lowest BCUT2D eigenvalue weighted by Crippen LogP contribution is -2.03. The van der Waals surface area contributed by atoms with Gasteiger partial charge in [-0.3, -0.25) is 4.57 Å². The zero-order valence-corrected chi connectivity index (χ0v) is 13.4. The van der Waals surface area contributed by atoms with Gasteiger partial charge in [0.15, 0.2) is 5.16 Å². The van der Waals surface area contributed by atoms with Crippen molar-refractivity contribution in [2.75, 3.05) is 5.73 Å². The fourth-order valence-corrected chi connectivity index (χ4v) is 2.78. The van der Waals surface area contributed by atoms with Gasteiger partial charge in [-0.15, -0.1) is 27.0 Å². The molecule has 0 radical (unpaired) electrons. The van der Waals surface area contributed by atoms with Crippen LogP contribution in [0.3, 0.4) is 0 Å². The van der Waals surface area contributed by atoms with Gasteiger partial charge >= 0.3 is 0 Å². The molecule has 0 unspecified atom stereocenters. The van der Waals surface area contributed by atoms with Crippen LogP contribution >= 0.6 is 11.8 Å². The molecule has 0 saturated heterocycles. The Hall–Kier alpha value is -3.12. The molecule has 1 aromatic carbocycles. The van der Waals surface area contributed by atoms with Gasteiger partial charge in [0.1, 0.15) is 0 Å². The molecule has 8 nitrogen and oxygen atoms in total. The lowest BCUT2D eigenvalue weighted by atomic mass is 10.1. The summed E-state index contributed by atoms with van der Waals surface area (Å²) in [7, 11) is 0. The first kappa shape index (κ1) is 15.8. The largest absolute Gasteiger partial charge is 0.420 e. The number of nitrogens with zero attached hydrogens (tertiary/aromatic N) is 6. The molecule has 0 aliphatic rings. The van der Waals surface area contributed by atoms with Crippen LogP contribution in [0.25, 0.3) is 11.5 Å². The smallest absolute Gasteiger partial charge is 0.247 e. The lowest BCUT2D eigenvalue weighted by molar-refractivity contribution is 0.528. The van der Waals surface area contributed by atoms with E-state index in [2.05, 4.69) is 33.0 Å². The molecule has 9 heteroatoms. The molecule has 0 aliphatic heterocycles. The van der Waals surface area contributed by atoms with Crippen molar-refractivity contribution >= 4 is 17.7 Å². The molecule has 0 spiro atoms. The second-order valence-corrected chi connectivity index (χ2v) is 5.66. The van der Waals surface area contributed by atoms with Gasteiger partial charge in [0.25, 0.3) is 0 Å². The second kappa shape index (κ2) is 6.97. The van der Waals surface area contributed by atoms with Crippen molar-refractivity contribution in [2.24, 2.45) is 0 Å². The average Bonchev–Trinajstić information content (AvgIpc) is 3.21. The van der Waals surface area contributed by atoms with Crippen LogP contribution in [0.4, 0.5) is 5.95 Å². The maximum Gasteiger partial charge on any atom is 0.247 e. The van der Waals surface area contributed by atoms with Gasteiger partial charge in [-0.05, 0) is 18.2 Å². The van der Waals surface area contributed by atoms with E-state index in [1.165, 1.54) is 11.8 Å². The first-order chi connectivity index (χ1) is 11.7. The number of benzene rings is 1. The number of thioether (sulfide) groups is 1. The number of hydrogen-bond acceptors (Lipinski definition) is 8. The second-order valence-electron chi connectivity index (χ2n) is 4.72. The topological polar surface area (TPSA) is 119 Å². The third kappa shape index (κ3) is 3.28. The van der Waals surface area contributed by atoms with Gasteiger partial charge in [0, 0.05) is 12.1 Å². The Labute approximate surface area is 142 Å². The van der Waals surface area contributed by atoms with Crippen LogP contribution in [-0.4, -0.2) is 25.0 Å². The van der Waals surface area contributed by atoms with Gasteiger partial charge in [-0.2, -0.15) is 5.26 Å². The maximum absolute atomic E-state index is 8.94. The molecule has 2 aromatic heterocycles. The van der Waals surface area contributed by atoms with E-state index in [0.717, 1.165) is 0 Å². The molecule has 0 bridgehead atoms. The first-order valence-electron chi connectivity index (χ1n) is 6.96. The Kier molecular flexibility index (Phi) is 4.58. The number of nitrogens with two attached hydrogens (primary N) is 1. The summed E-state index contributed by atoms with van der Waals surface area (Å²) in [5, 5.41) is 25.5. The number of nitrogen functional groups attached to an aromatic ring is 1. The molecular formula is C15H13N7OS. The van der Waals surface area contributed by atoms with Crippen molar-refractivity contribution in [2.45, 2.75) is 17.5 Å². The summed E-state index contributed by atoms with van der Waals surface area (Å²) in [6.07, 6.45) is 1.72. The van der Waals surface area contributed by atoms with Crippen molar-refractivity contribution in [3.05, 3.63) is 48.4 Å². The predicted octanol–water partition coefficient (Wildman–Crippen LogP) is 2.26. The highest BCUT2D eigenvalue weighted by molar-refractivity contribution is 7.98. The van der Waals surface area contributed by atoms with Crippen molar-refractivity contribution in [1.29, 1.82) is 5.26 Å². The minimum atomic E-state index is 0.330. The third-order valence-corrected chi connectivity index (χ3v) is 4.04. The van der Waals surface area contributed by atoms with Crippen molar-refractivity contribution in [3.63, 3.8) is 0 Å². The number of rotatable bonds is 6. The minimum absolute atomic E-state index is 0.330. The Morgan fingerprint density at radius 3 is 3.00 bits per heavy atom. The van der Waals surface area contributed by atoms with Crippen LogP contribution in [-0.2, 0) is 12.3 Å². The molecule has 0 aliphatic carbocycles. The van der Waals surface area contributed by atoms with E-state index in [4.69, 9.17) is 15.4 Å². The highest BCUT2D eigenvalue weighted by atomic mass is 32.2. The Morgan fingerprint density at radius 1 is 1.33 bits per heavy atom. The van der Waals surface area contributed by atoms with Gasteiger partial charge in [-0.25, -0.2) is 0 Å². The number of allylic oxidation sites excluding steroid dienone is 1. The molecule has 120 valence electrons. The Balaban J connectivity index is 1.73. The summed E-state index contributed by atoms with van der Waals surface area (Å²) >= 11 is 1.39. The molecule has 2 N–H and O–H groups in total. The number of nitriles is 1. The van der Waals surface area contributed by atoms with Crippen LogP contribution in [0.15, 0.2) is 46.5 Å². The first-order valence-corrected chi connectivity index (χ1v) is 7.95. The average molecular weight is 339 g/mol. The highest BCUT2D eigenvalue weighted by Crippen LogP contribution is 2.24. The zero-order chi connectivity index (χ0) is 16.9. The molecular weight excluding hydrogens is 326 g/mol.